The standard InChI is InChI=1S/C27H36N4O2.C27H35N3O3/c1-6-30-13-11-21(12-14-30)19(4)31-20(5)25(22-9-7-8-10-24(22)31)27(33)28-16-23-17(2)15-18(3)29-26(23)32;1-17-16-25(33-5)22(27(32)28-17)10-11-24(31)26-19(3)30(23-9-7-6-8-21(23)26)18(2)20-12-14-29(4)15-13-20/h7-10,15,19,21H,6,11-14,16H2,1-5H3,(H,28,33)(H,29,32);6-9,16,18,20H,10-15H2,1-5H3,(H,28,32)/t;18-/m.1/s1. The van der Waals surface area contributed by atoms with Gasteiger partial charge in [-0.3, -0.25) is 19.2 Å². The van der Waals surface area contributed by atoms with E-state index in [1.165, 1.54) is 25.7 Å². The van der Waals surface area contributed by atoms with E-state index in [0.29, 0.717) is 52.8 Å². The summed E-state index contributed by atoms with van der Waals surface area (Å²) in [5.74, 6) is 1.66. The minimum Gasteiger partial charge on any atom is -0.496 e. The van der Waals surface area contributed by atoms with Gasteiger partial charge in [-0.1, -0.05) is 43.3 Å². The van der Waals surface area contributed by atoms with Gasteiger partial charge in [0.25, 0.3) is 17.0 Å². The Bertz CT molecular complexity index is 2810. The van der Waals surface area contributed by atoms with E-state index in [1.807, 2.05) is 69.3 Å². The molecule has 1 amide bonds. The predicted molar refractivity (Wildman–Crippen MR) is 267 cm³/mol. The molecule has 12 nitrogen and oxygen atoms in total. The molecule has 2 fully saturated rings. The van der Waals surface area contributed by atoms with Crippen molar-refractivity contribution in [2.24, 2.45) is 11.8 Å². The molecule has 2 atom stereocenters. The number of Topliss-reactive ketones (excluding diaryl/α,β-unsaturated/α-hetero) is 1. The Labute approximate surface area is 389 Å². The highest BCUT2D eigenvalue weighted by Crippen LogP contribution is 2.38. The highest BCUT2D eigenvalue weighted by Gasteiger charge is 2.30. The summed E-state index contributed by atoms with van der Waals surface area (Å²) >= 11 is 0. The van der Waals surface area contributed by atoms with Gasteiger partial charge in [0.2, 0.25) is 0 Å². The minimum atomic E-state index is -0.185. The van der Waals surface area contributed by atoms with Crippen molar-refractivity contribution in [1.82, 2.24) is 34.2 Å². The molecule has 2 aliphatic heterocycles. The Hall–Kier alpha value is -5.72. The first-order valence-electron chi connectivity index (χ1n) is 24.0. The van der Waals surface area contributed by atoms with E-state index in [0.717, 1.165) is 88.4 Å². The van der Waals surface area contributed by atoms with Crippen LogP contribution in [0.15, 0.2) is 70.3 Å². The van der Waals surface area contributed by atoms with Gasteiger partial charge < -0.3 is 39.0 Å². The third-order valence-corrected chi connectivity index (χ3v) is 14.8. The summed E-state index contributed by atoms with van der Waals surface area (Å²) in [5, 5.41) is 4.99. The largest absolute Gasteiger partial charge is 0.496 e. The van der Waals surface area contributed by atoms with Crippen molar-refractivity contribution in [1.29, 1.82) is 0 Å². The van der Waals surface area contributed by atoms with Gasteiger partial charge in [-0.2, -0.15) is 0 Å². The Kier molecular flexibility index (Phi) is 15.2. The second-order valence-corrected chi connectivity index (χ2v) is 19.0. The number of nitrogens with one attached hydrogen (secondary N) is 3. The quantitative estimate of drug-likeness (QED) is 0.0984. The molecule has 3 N–H and O–H groups in total. The fraction of sp³-hybridized carbons (Fsp3) is 0.481. The number of aromatic amines is 2. The number of carbonyl (C=O) groups excluding carboxylic acids is 2. The predicted octanol–water partition coefficient (Wildman–Crippen LogP) is 9.15. The first kappa shape index (κ1) is 48.2. The zero-order valence-electron chi connectivity index (χ0n) is 40.9. The van der Waals surface area contributed by atoms with Crippen LogP contribution in [0, 0.1) is 46.5 Å². The molecule has 2 aromatic carbocycles. The Morgan fingerprint density at radius 1 is 0.727 bits per heavy atom. The molecule has 352 valence electrons. The number of benzene rings is 2. The lowest BCUT2D eigenvalue weighted by Crippen LogP contribution is -2.36. The maximum atomic E-state index is 13.5. The van der Waals surface area contributed by atoms with E-state index in [2.05, 4.69) is 88.0 Å². The molecule has 4 aromatic heterocycles. The Morgan fingerprint density at radius 2 is 1.23 bits per heavy atom. The molecule has 6 heterocycles. The summed E-state index contributed by atoms with van der Waals surface area (Å²) in [6.45, 7) is 22.4. The van der Waals surface area contributed by atoms with Crippen LogP contribution in [-0.2, 0) is 13.0 Å². The number of aryl methyl sites for hydroxylation is 3. The number of ketones is 1. The topological polar surface area (TPSA) is 137 Å². The molecular formula is C54H71N7O5. The van der Waals surface area contributed by atoms with Crippen LogP contribution in [-0.4, -0.2) is 87.5 Å². The molecule has 0 saturated carbocycles. The number of hydrogen-bond donors (Lipinski definition) is 3. The summed E-state index contributed by atoms with van der Waals surface area (Å²) in [6.07, 6.45) is 5.31. The number of piperidine rings is 2. The highest BCUT2D eigenvalue weighted by atomic mass is 16.5. The lowest BCUT2D eigenvalue weighted by molar-refractivity contribution is 0.0949. The van der Waals surface area contributed by atoms with Gasteiger partial charge in [0.05, 0.1) is 18.2 Å². The van der Waals surface area contributed by atoms with Crippen molar-refractivity contribution in [2.75, 3.05) is 46.9 Å². The number of ether oxygens (including phenoxy) is 1. The molecule has 6 aromatic rings. The van der Waals surface area contributed by atoms with Crippen molar-refractivity contribution in [3.63, 3.8) is 0 Å². The number of likely N-dealkylation sites (tertiary alicyclic amines) is 2. The molecule has 66 heavy (non-hydrogen) atoms. The SMILES string of the molecule is CCN1CCC(C(C)n2c(C)c(C(=O)NCc3c(C)cc(C)[nH]c3=O)c3ccccc32)CC1.COc1cc(C)[nH]c(=O)c1CCC(=O)c1c(C)n([C@H](C)C2CCN(C)CC2)c2ccccc12. The van der Waals surface area contributed by atoms with E-state index in [9.17, 15) is 19.2 Å². The van der Waals surface area contributed by atoms with Crippen LogP contribution in [0.25, 0.3) is 21.8 Å². The van der Waals surface area contributed by atoms with E-state index in [4.69, 9.17) is 4.74 Å². The molecule has 0 aliphatic carbocycles. The molecule has 0 spiro atoms. The van der Waals surface area contributed by atoms with Crippen molar-refractivity contribution < 1.29 is 14.3 Å². The number of H-pyrrole nitrogens is 2. The monoisotopic (exact) mass is 898 g/mol. The van der Waals surface area contributed by atoms with Crippen molar-refractivity contribution in [3.05, 3.63) is 132 Å². The Morgan fingerprint density at radius 3 is 1.77 bits per heavy atom. The van der Waals surface area contributed by atoms with Crippen LogP contribution in [0.5, 0.6) is 5.75 Å². The van der Waals surface area contributed by atoms with Crippen LogP contribution in [0.3, 0.4) is 0 Å². The highest BCUT2D eigenvalue weighted by molar-refractivity contribution is 6.10. The van der Waals surface area contributed by atoms with Crippen LogP contribution in [0.4, 0.5) is 0 Å². The van der Waals surface area contributed by atoms with Gasteiger partial charge in [0.15, 0.2) is 5.78 Å². The zero-order chi connectivity index (χ0) is 47.4. The van der Waals surface area contributed by atoms with Crippen LogP contribution in [0.1, 0.15) is 125 Å². The minimum absolute atomic E-state index is 0.0695. The summed E-state index contributed by atoms with van der Waals surface area (Å²) in [7, 11) is 3.74. The second kappa shape index (κ2) is 20.8. The van der Waals surface area contributed by atoms with Crippen molar-refractivity contribution >= 4 is 33.5 Å². The number of nitrogens with zero attached hydrogens (tertiary/aromatic N) is 4. The van der Waals surface area contributed by atoms with Gasteiger partial charge in [-0.25, -0.2) is 0 Å². The lowest BCUT2D eigenvalue weighted by atomic mass is 9.90. The maximum Gasteiger partial charge on any atom is 0.255 e. The number of para-hydroxylation sites is 2. The molecule has 0 radical (unpaired) electrons. The van der Waals surface area contributed by atoms with Crippen LogP contribution >= 0.6 is 0 Å². The third kappa shape index (κ3) is 10.0. The number of rotatable bonds is 13. The number of carbonyl (C=O) groups is 2. The third-order valence-electron chi connectivity index (χ3n) is 14.8. The normalized spacial score (nSPS) is 16.3. The van der Waals surface area contributed by atoms with Gasteiger partial charge in [-0.05, 0) is 162 Å². The van der Waals surface area contributed by atoms with Crippen molar-refractivity contribution in [2.45, 2.75) is 113 Å². The summed E-state index contributed by atoms with van der Waals surface area (Å²) in [5.41, 5.74) is 9.01. The maximum absolute atomic E-state index is 13.5. The van der Waals surface area contributed by atoms with E-state index in [1.54, 1.807) is 7.11 Å². The van der Waals surface area contributed by atoms with E-state index < -0.39 is 0 Å². The van der Waals surface area contributed by atoms with Gasteiger partial charge in [0, 0.05) is 80.8 Å². The van der Waals surface area contributed by atoms with Gasteiger partial charge in [-0.15, -0.1) is 0 Å². The van der Waals surface area contributed by atoms with Crippen LogP contribution < -0.4 is 21.2 Å². The average Bonchev–Trinajstić information content (AvgIpc) is 3.77. The van der Waals surface area contributed by atoms with Crippen LogP contribution in [0.2, 0.25) is 0 Å². The summed E-state index contributed by atoms with van der Waals surface area (Å²) in [6, 6.07) is 20.8. The lowest BCUT2D eigenvalue weighted by Gasteiger charge is -2.35. The average molecular weight is 898 g/mol. The molecule has 1 unspecified atom stereocenters. The Balaban J connectivity index is 0.000000196. The second-order valence-electron chi connectivity index (χ2n) is 19.0. The first-order valence-corrected chi connectivity index (χ1v) is 24.0. The smallest absolute Gasteiger partial charge is 0.255 e. The number of hydrogen-bond acceptors (Lipinski definition) is 7. The number of amides is 1. The fourth-order valence-electron chi connectivity index (χ4n) is 11.0. The fourth-order valence-corrected chi connectivity index (χ4v) is 11.0. The molecule has 2 saturated heterocycles. The zero-order valence-corrected chi connectivity index (χ0v) is 40.9. The number of fused-ring (bicyclic) bond motifs is 2. The molecule has 0 bridgehead atoms. The molecule has 2 aliphatic rings. The number of methoxy groups -OCH3 is 1. The molecule has 8 rings (SSSR count). The molecular weight excluding hydrogens is 827 g/mol. The summed E-state index contributed by atoms with van der Waals surface area (Å²) < 4.78 is 10.1. The van der Waals surface area contributed by atoms with E-state index in [-0.39, 0.29) is 35.8 Å². The van der Waals surface area contributed by atoms with Gasteiger partial charge >= 0.3 is 0 Å². The van der Waals surface area contributed by atoms with E-state index >= 15 is 0 Å². The number of aromatic nitrogens is 4. The summed E-state index contributed by atoms with van der Waals surface area (Å²) in [4.78, 5) is 62.3. The molecule has 12 heteroatoms. The number of pyridine rings is 2. The first-order chi connectivity index (χ1) is 31.6. The van der Waals surface area contributed by atoms with Gasteiger partial charge in [0.1, 0.15) is 5.75 Å². The van der Waals surface area contributed by atoms with Crippen molar-refractivity contribution in [3.8, 4) is 5.75 Å².